The fourth-order valence-electron chi connectivity index (χ4n) is 5.44. The van der Waals surface area contributed by atoms with Gasteiger partial charge in [-0.05, 0) is 52.7 Å². The van der Waals surface area contributed by atoms with Gasteiger partial charge in [-0.15, -0.1) is 0 Å². The first kappa shape index (κ1) is 21.6. The van der Waals surface area contributed by atoms with Gasteiger partial charge in [0.1, 0.15) is 6.17 Å². The summed E-state index contributed by atoms with van der Waals surface area (Å²) >= 11 is 0. The van der Waals surface area contributed by atoms with Crippen LogP contribution in [0.1, 0.15) is 73.0 Å². The van der Waals surface area contributed by atoms with Crippen molar-refractivity contribution in [2.75, 3.05) is 18.0 Å². The molecule has 0 aromatic heterocycles. The molecule has 2 aromatic rings. The van der Waals surface area contributed by atoms with E-state index in [1.807, 2.05) is 50.8 Å². The molecule has 0 saturated carbocycles. The summed E-state index contributed by atoms with van der Waals surface area (Å²) in [6, 6.07) is 16.7. The Morgan fingerprint density at radius 2 is 1.74 bits per heavy atom. The summed E-state index contributed by atoms with van der Waals surface area (Å²) in [5.74, 6) is -0.0571. The molecule has 2 fully saturated rings. The van der Waals surface area contributed by atoms with Crippen LogP contribution in [0.2, 0.25) is 0 Å². The monoisotopic (exact) mass is 419 g/mol. The van der Waals surface area contributed by atoms with Crippen LogP contribution in [0.4, 0.5) is 5.69 Å². The maximum atomic E-state index is 13.9. The van der Waals surface area contributed by atoms with Gasteiger partial charge in [0.15, 0.2) is 6.29 Å². The highest BCUT2D eigenvalue weighted by atomic mass is 16.2. The summed E-state index contributed by atoms with van der Waals surface area (Å²) in [6.07, 6.45) is 3.12. The van der Waals surface area contributed by atoms with Crippen LogP contribution in [0.25, 0.3) is 0 Å². The lowest BCUT2D eigenvalue weighted by molar-refractivity contribution is 0.0637. The lowest BCUT2D eigenvalue weighted by atomic mass is 9.96. The van der Waals surface area contributed by atoms with Crippen LogP contribution in [0.3, 0.4) is 0 Å². The quantitative estimate of drug-likeness (QED) is 0.635. The molecule has 2 aliphatic heterocycles. The van der Waals surface area contributed by atoms with Gasteiger partial charge < -0.3 is 9.80 Å². The molecule has 164 valence electrons. The highest BCUT2D eigenvalue weighted by Crippen LogP contribution is 2.43. The number of amides is 1. The Labute approximate surface area is 185 Å². The minimum atomic E-state index is -0.0571. The summed E-state index contributed by atoms with van der Waals surface area (Å²) in [4.78, 5) is 32.7. The lowest BCUT2D eigenvalue weighted by Crippen LogP contribution is -2.43. The van der Waals surface area contributed by atoms with Crippen LogP contribution in [0, 0.1) is 0 Å². The highest BCUT2D eigenvalue weighted by Gasteiger charge is 2.44. The van der Waals surface area contributed by atoms with Gasteiger partial charge in [-0.2, -0.15) is 0 Å². The van der Waals surface area contributed by atoms with E-state index < -0.39 is 0 Å². The summed E-state index contributed by atoms with van der Waals surface area (Å²) in [6.45, 7) is 10.1. The van der Waals surface area contributed by atoms with Crippen molar-refractivity contribution < 1.29 is 9.59 Å². The number of rotatable bonds is 6. The smallest absolute Gasteiger partial charge is 0.255 e. The van der Waals surface area contributed by atoms with Crippen LogP contribution in [-0.4, -0.2) is 53.2 Å². The average Bonchev–Trinajstić information content (AvgIpc) is 3.34. The Bertz CT molecular complexity index is 933. The second-order valence-corrected chi connectivity index (χ2v) is 9.22. The summed E-state index contributed by atoms with van der Waals surface area (Å²) in [5, 5.41) is 0. The van der Waals surface area contributed by atoms with Crippen molar-refractivity contribution in [2.24, 2.45) is 0 Å². The van der Waals surface area contributed by atoms with Crippen molar-refractivity contribution in [1.82, 2.24) is 9.80 Å². The van der Waals surface area contributed by atoms with E-state index in [-0.39, 0.29) is 24.2 Å². The Morgan fingerprint density at radius 1 is 1.03 bits per heavy atom. The molecule has 2 aromatic carbocycles. The zero-order valence-electron chi connectivity index (χ0n) is 19.0. The standard InChI is InChI=1S/C26H33N3O2/c1-18(2)29(19(3)4)26(31)24-20(17-30)10-8-14-23(24)25-27-15-9-13-22(27)16-28(25)21-11-6-5-7-12-21/h5-8,10-12,14,17-19,22,25H,9,13,15-16H2,1-4H3/t22-,25+/m0/s1. The first-order valence-electron chi connectivity index (χ1n) is 11.4. The number of nitrogens with zero attached hydrogens (tertiary/aromatic N) is 3. The number of benzene rings is 2. The van der Waals surface area contributed by atoms with Crippen molar-refractivity contribution in [3.63, 3.8) is 0 Å². The van der Waals surface area contributed by atoms with Gasteiger partial charge in [-0.3, -0.25) is 14.5 Å². The summed E-state index contributed by atoms with van der Waals surface area (Å²) < 4.78 is 0. The van der Waals surface area contributed by atoms with Gasteiger partial charge in [0.05, 0.1) is 5.56 Å². The zero-order valence-corrected chi connectivity index (χ0v) is 19.0. The van der Waals surface area contributed by atoms with Gasteiger partial charge in [-0.1, -0.05) is 36.4 Å². The predicted octanol–water partition coefficient (Wildman–Crippen LogP) is 4.74. The van der Waals surface area contributed by atoms with Crippen LogP contribution in [-0.2, 0) is 0 Å². The van der Waals surface area contributed by atoms with Crippen LogP contribution >= 0.6 is 0 Å². The van der Waals surface area contributed by atoms with Crippen LogP contribution in [0.15, 0.2) is 48.5 Å². The van der Waals surface area contributed by atoms with E-state index in [4.69, 9.17) is 0 Å². The first-order valence-corrected chi connectivity index (χ1v) is 11.4. The summed E-state index contributed by atoms with van der Waals surface area (Å²) in [7, 11) is 0. The highest BCUT2D eigenvalue weighted by molar-refractivity contribution is 6.03. The van der Waals surface area contributed by atoms with Crippen molar-refractivity contribution in [3.05, 3.63) is 65.2 Å². The molecule has 4 rings (SSSR count). The predicted molar refractivity (Wildman–Crippen MR) is 125 cm³/mol. The molecular weight excluding hydrogens is 386 g/mol. The van der Waals surface area contributed by atoms with Gasteiger partial charge in [0, 0.05) is 48.0 Å². The fourth-order valence-corrected chi connectivity index (χ4v) is 5.44. The van der Waals surface area contributed by atoms with E-state index in [1.165, 1.54) is 12.8 Å². The van der Waals surface area contributed by atoms with Crippen molar-refractivity contribution in [2.45, 2.75) is 64.8 Å². The Balaban J connectivity index is 1.86. The van der Waals surface area contributed by atoms with E-state index in [0.717, 1.165) is 30.6 Å². The molecule has 0 N–H and O–H groups in total. The first-order chi connectivity index (χ1) is 14.9. The minimum absolute atomic E-state index is 0.0464. The molecule has 0 aliphatic carbocycles. The van der Waals surface area contributed by atoms with Gasteiger partial charge in [0.25, 0.3) is 5.91 Å². The van der Waals surface area contributed by atoms with Crippen LogP contribution in [0.5, 0.6) is 0 Å². The van der Waals surface area contributed by atoms with E-state index >= 15 is 0 Å². The average molecular weight is 420 g/mol. The second kappa shape index (κ2) is 8.83. The molecule has 2 atom stereocenters. The lowest BCUT2D eigenvalue weighted by Gasteiger charge is -2.36. The van der Waals surface area contributed by atoms with Gasteiger partial charge in [0.2, 0.25) is 0 Å². The van der Waals surface area contributed by atoms with Gasteiger partial charge in [-0.25, -0.2) is 0 Å². The van der Waals surface area contributed by atoms with Crippen molar-refractivity contribution >= 4 is 17.9 Å². The molecule has 5 nitrogen and oxygen atoms in total. The molecule has 2 heterocycles. The third-order valence-corrected chi connectivity index (χ3v) is 6.62. The number of hydrogen-bond acceptors (Lipinski definition) is 4. The van der Waals surface area contributed by atoms with Crippen LogP contribution < -0.4 is 4.90 Å². The van der Waals surface area contributed by atoms with Gasteiger partial charge >= 0.3 is 0 Å². The molecule has 0 radical (unpaired) electrons. The Morgan fingerprint density at radius 3 is 2.39 bits per heavy atom. The fraction of sp³-hybridized carbons (Fsp3) is 0.462. The molecule has 1 amide bonds. The number of hydrogen-bond donors (Lipinski definition) is 0. The number of para-hydroxylation sites is 1. The molecule has 5 heteroatoms. The Hall–Kier alpha value is -2.66. The number of fused-ring (bicyclic) bond motifs is 1. The van der Waals surface area contributed by atoms with E-state index in [1.54, 1.807) is 6.07 Å². The zero-order chi connectivity index (χ0) is 22.1. The number of aldehydes is 1. The van der Waals surface area contributed by atoms with E-state index in [2.05, 4.69) is 34.1 Å². The van der Waals surface area contributed by atoms with E-state index in [9.17, 15) is 9.59 Å². The second-order valence-electron chi connectivity index (χ2n) is 9.22. The molecular formula is C26H33N3O2. The third kappa shape index (κ3) is 3.87. The maximum absolute atomic E-state index is 13.9. The molecule has 2 aliphatic rings. The molecule has 0 bridgehead atoms. The topological polar surface area (TPSA) is 43.9 Å². The molecule has 2 saturated heterocycles. The SMILES string of the molecule is CC(C)N(C(=O)c1c(C=O)cccc1[C@H]1N(c2ccccc2)C[C@@H]2CCCN21)C(C)C. The number of carbonyl (C=O) groups is 2. The minimum Gasteiger partial charge on any atom is -0.350 e. The van der Waals surface area contributed by atoms with Crippen molar-refractivity contribution in [1.29, 1.82) is 0 Å². The van der Waals surface area contributed by atoms with Crippen molar-refractivity contribution in [3.8, 4) is 0 Å². The van der Waals surface area contributed by atoms with E-state index in [0.29, 0.717) is 17.2 Å². The number of anilines is 1. The molecule has 0 spiro atoms. The third-order valence-electron chi connectivity index (χ3n) is 6.62. The number of carbonyl (C=O) groups excluding carboxylic acids is 2. The molecule has 0 unspecified atom stereocenters. The maximum Gasteiger partial charge on any atom is 0.255 e. The molecule has 31 heavy (non-hydrogen) atoms. The summed E-state index contributed by atoms with van der Waals surface area (Å²) in [5.41, 5.74) is 3.12. The normalized spacial score (nSPS) is 21.0. The Kier molecular flexibility index (Phi) is 6.15. The largest absolute Gasteiger partial charge is 0.350 e.